The molecule has 1 aromatic heterocycles. The molecule has 0 amide bonds. The van der Waals surface area contributed by atoms with Gasteiger partial charge in [0.15, 0.2) is 0 Å². The number of aromatic nitrogens is 2. The van der Waals surface area contributed by atoms with Gasteiger partial charge in [-0.3, -0.25) is 4.79 Å². The van der Waals surface area contributed by atoms with Crippen LogP contribution in [0.2, 0.25) is 0 Å². The largest absolute Gasteiger partial charge is 0.339 e. The van der Waals surface area contributed by atoms with Crippen molar-refractivity contribution in [3.63, 3.8) is 0 Å². The van der Waals surface area contributed by atoms with E-state index in [0.29, 0.717) is 17.3 Å². The van der Waals surface area contributed by atoms with Crippen LogP contribution in [0.3, 0.4) is 0 Å². The first-order valence-electron chi connectivity index (χ1n) is 5.83. The standard InChI is InChI=1S/C13H11FN2O2/c14-10-3-1-2-9(6-10)13-15-12(18-16-13)7-11(17)8-4-5-8/h1-3,6,8H,4-5,7H2. The second kappa shape index (κ2) is 4.33. The van der Waals surface area contributed by atoms with E-state index in [-0.39, 0.29) is 23.9 Å². The smallest absolute Gasteiger partial charge is 0.234 e. The number of carbonyl (C=O) groups is 1. The van der Waals surface area contributed by atoms with Gasteiger partial charge in [-0.2, -0.15) is 4.98 Å². The molecule has 4 nitrogen and oxygen atoms in total. The Kier molecular flexibility index (Phi) is 2.66. The van der Waals surface area contributed by atoms with E-state index in [1.807, 2.05) is 0 Å². The maximum Gasteiger partial charge on any atom is 0.234 e. The van der Waals surface area contributed by atoms with Crippen LogP contribution in [-0.2, 0) is 11.2 Å². The van der Waals surface area contributed by atoms with Crippen molar-refractivity contribution in [2.24, 2.45) is 5.92 Å². The van der Waals surface area contributed by atoms with Gasteiger partial charge in [0.25, 0.3) is 0 Å². The second-order valence-corrected chi connectivity index (χ2v) is 4.44. The van der Waals surface area contributed by atoms with Crippen LogP contribution in [0, 0.1) is 11.7 Å². The van der Waals surface area contributed by atoms with Crippen LogP contribution < -0.4 is 0 Å². The second-order valence-electron chi connectivity index (χ2n) is 4.44. The molecule has 18 heavy (non-hydrogen) atoms. The van der Waals surface area contributed by atoms with Gasteiger partial charge in [-0.1, -0.05) is 17.3 Å². The number of hydrogen-bond acceptors (Lipinski definition) is 4. The van der Waals surface area contributed by atoms with E-state index in [0.717, 1.165) is 12.8 Å². The number of ketones is 1. The molecule has 0 atom stereocenters. The van der Waals surface area contributed by atoms with E-state index in [1.54, 1.807) is 12.1 Å². The average molecular weight is 246 g/mol. The molecule has 1 saturated carbocycles. The fourth-order valence-corrected chi connectivity index (χ4v) is 1.77. The van der Waals surface area contributed by atoms with Crippen LogP contribution in [0.4, 0.5) is 4.39 Å². The van der Waals surface area contributed by atoms with Crippen LogP contribution in [0.1, 0.15) is 18.7 Å². The Bertz CT molecular complexity index is 590. The molecule has 0 N–H and O–H groups in total. The summed E-state index contributed by atoms with van der Waals surface area (Å²) >= 11 is 0. The van der Waals surface area contributed by atoms with Crippen molar-refractivity contribution in [2.75, 3.05) is 0 Å². The van der Waals surface area contributed by atoms with Crippen molar-refractivity contribution >= 4 is 5.78 Å². The lowest BCUT2D eigenvalue weighted by Gasteiger charge is -1.93. The number of nitrogens with zero attached hydrogens (tertiary/aromatic N) is 2. The molecule has 0 radical (unpaired) electrons. The van der Waals surface area contributed by atoms with Gasteiger partial charge < -0.3 is 4.52 Å². The first-order chi connectivity index (χ1) is 8.72. The number of rotatable bonds is 4. The molecular formula is C13H11FN2O2. The third-order valence-corrected chi connectivity index (χ3v) is 2.91. The van der Waals surface area contributed by atoms with Crippen molar-refractivity contribution in [3.8, 4) is 11.4 Å². The summed E-state index contributed by atoms with van der Waals surface area (Å²) in [6.07, 6.45) is 2.10. The summed E-state index contributed by atoms with van der Waals surface area (Å²) in [5, 5.41) is 3.76. The van der Waals surface area contributed by atoms with E-state index in [2.05, 4.69) is 10.1 Å². The van der Waals surface area contributed by atoms with Gasteiger partial charge in [0.1, 0.15) is 11.6 Å². The van der Waals surface area contributed by atoms with Crippen molar-refractivity contribution in [2.45, 2.75) is 19.3 Å². The van der Waals surface area contributed by atoms with Crippen molar-refractivity contribution in [1.29, 1.82) is 0 Å². The third-order valence-electron chi connectivity index (χ3n) is 2.91. The molecule has 1 aliphatic rings. The van der Waals surface area contributed by atoms with E-state index in [9.17, 15) is 9.18 Å². The highest BCUT2D eigenvalue weighted by Gasteiger charge is 2.30. The molecule has 0 spiro atoms. The first kappa shape index (κ1) is 11.1. The molecule has 5 heteroatoms. The molecule has 1 fully saturated rings. The Labute approximate surface area is 103 Å². The fourth-order valence-electron chi connectivity index (χ4n) is 1.77. The van der Waals surface area contributed by atoms with Crippen LogP contribution in [-0.4, -0.2) is 15.9 Å². The first-order valence-corrected chi connectivity index (χ1v) is 5.83. The minimum Gasteiger partial charge on any atom is -0.339 e. The predicted molar refractivity (Wildman–Crippen MR) is 61.1 cm³/mol. The Balaban J connectivity index is 1.78. The number of hydrogen-bond donors (Lipinski definition) is 0. The summed E-state index contributed by atoms with van der Waals surface area (Å²) in [4.78, 5) is 15.7. The SMILES string of the molecule is O=C(Cc1nc(-c2cccc(F)c2)no1)C1CC1. The van der Waals surface area contributed by atoms with Crippen LogP contribution in [0.25, 0.3) is 11.4 Å². The maximum atomic E-state index is 13.0. The summed E-state index contributed by atoms with van der Waals surface area (Å²) in [5.41, 5.74) is 0.545. The molecule has 92 valence electrons. The van der Waals surface area contributed by atoms with Crippen molar-refractivity contribution in [3.05, 3.63) is 36.0 Å². The molecule has 0 saturated heterocycles. The minimum atomic E-state index is -0.354. The van der Waals surface area contributed by atoms with Gasteiger partial charge in [-0.25, -0.2) is 4.39 Å². The molecule has 1 aromatic carbocycles. The fraction of sp³-hybridized carbons (Fsp3) is 0.308. The summed E-state index contributed by atoms with van der Waals surface area (Å²) in [6.45, 7) is 0. The van der Waals surface area contributed by atoms with Crippen molar-refractivity contribution < 1.29 is 13.7 Å². The number of benzene rings is 1. The number of carbonyl (C=O) groups excluding carboxylic acids is 1. The molecule has 2 aromatic rings. The Morgan fingerprint density at radius 2 is 2.28 bits per heavy atom. The van der Waals surface area contributed by atoms with E-state index in [1.165, 1.54) is 12.1 Å². The van der Waals surface area contributed by atoms with E-state index >= 15 is 0 Å². The summed E-state index contributed by atoms with van der Waals surface area (Å²) in [6, 6.07) is 5.95. The average Bonchev–Trinajstić information content (AvgIpc) is 3.10. The van der Waals surface area contributed by atoms with Gasteiger partial charge in [0.05, 0.1) is 6.42 Å². The number of Topliss-reactive ketones (excluding diaryl/α,β-unsaturated/α-hetero) is 1. The molecule has 0 unspecified atom stereocenters. The van der Waals surface area contributed by atoms with Crippen LogP contribution >= 0.6 is 0 Å². The minimum absolute atomic E-state index is 0.143. The molecular weight excluding hydrogens is 235 g/mol. The maximum absolute atomic E-state index is 13.0. The highest BCUT2D eigenvalue weighted by molar-refractivity contribution is 5.84. The Hall–Kier alpha value is -2.04. The molecule has 0 aliphatic heterocycles. The third kappa shape index (κ3) is 2.30. The normalized spacial score (nSPS) is 14.7. The van der Waals surface area contributed by atoms with Gasteiger partial charge in [0.2, 0.25) is 11.7 Å². The molecule has 0 bridgehead atoms. The zero-order chi connectivity index (χ0) is 12.5. The quantitative estimate of drug-likeness (QED) is 0.831. The summed E-state index contributed by atoms with van der Waals surface area (Å²) in [5.74, 6) is 0.575. The topological polar surface area (TPSA) is 56.0 Å². The van der Waals surface area contributed by atoms with Crippen LogP contribution in [0.15, 0.2) is 28.8 Å². The van der Waals surface area contributed by atoms with Gasteiger partial charge in [-0.15, -0.1) is 0 Å². The van der Waals surface area contributed by atoms with Crippen molar-refractivity contribution in [1.82, 2.24) is 10.1 Å². The van der Waals surface area contributed by atoms with Crippen LogP contribution in [0.5, 0.6) is 0 Å². The predicted octanol–water partition coefficient (Wildman–Crippen LogP) is 2.40. The number of halogens is 1. The summed E-state index contributed by atoms with van der Waals surface area (Å²) in [7, 11) is 0. The molecule has 1 heterocycles. The zero-order valence-corrected chi connectivity index (χ0v) is 9.60. The lowest BCUT2D eigenvalue weighted by molar-refractivity contribution is -0.119. The van der Waals surface area contributed by atoms with E-state index < -0.39 is 0 Å². The highest BCUT2D eigenvalue weighted by atomic mass is 19.1. The highest BCUT2D eigenvalue weighted by Crippen LogP contribution is 2.30. The van der Waals surface area contributed by atoms with Gasteiger partial charge in [0, 0.05) is 11.5 Å². The van der Waals surface area contributed by atoms with Gasteiger partial charge in [-0.05, 0) is 25.0 Å². The molecule has 3 rings (SSSR count). The Morgan fingerprint density at radius 1 is 1.44 bits per heavy atom. The lowest BCUT2D eigenvalue weighted by atomic mass is 10.2. The van der Waals surface area contributed by atoms with E-state index in [4.69, 9.17) is 4.52 Å². The zero-order valence-electron chi connectivity index (χ0n) is 9.60. The Morgan fingerprint density at radius 3 is 3.00 bits per heavy atom. The monoisotopic (exact) mass is 246 g/mol. The van der Waals surface area contributed by atoms with Gasteiger partial charge >= 0.3 is 0 Å². The molecule has 1 aliphatic carbocycles. The lowest BCUT2D eigenvalue weighted by Crippen LogP contribution is -2.04. The summed E-state index contributed by atoms with van der Waals surface area (Å²) < 4.78 is 18.0.